The molecule has 304 valence electrons. The summed E-state index contributed by atoms with van der Waals surface area (Å²) in [5.41, 5.74) is 4.88. The van der Waals surface area contributed by atoms with Crippen molar-refractivity contribution in [1.82, 2.24) is 5.32 Å². The minimum Gasteiger partial charge on any atom is -0.469 e. The fraction of sp³-hybridized carbons (Fsp3) is 0.333. The normalized spacial score (nSPS) is 19.5. The topological polar surface area (TPSA) is 111 Å². The van der Waals surface area contributed by atoms with Crippen LogP contribution >= 0.6 is 0 Å². The Morgan fingerprint density at radius 3 is 1.43 bits per heavy atom. The Kier molecular flexibility index (Phi) is 16.9. The number of hydrogen-bond acceptors (Lipinski definition) is 9. The minimum absolute atomic E-state index is 0.0560. The van der Waals surface area contributed by atoms with Gasteiger partial charge in [0.15, 0.2) is 0 Å². The lowest BCUT2D eigenvalue weighted by molar-refractivity contribution is -0.273. The Hall–Kier alpha value is -5.36. The number of rotatable bonds is 21. The molecule has 5 aromatic rings. The van der Waals surface area contributed by atoms with Crippen molar-refractivity contribution in [3.8, 4) is 0 Å². The van der Waals surface area contributed by atoms with Gasteiger partial charge in [0, 0.05) is 6.04 Å². The molecule has 1 N–H and O–H groups in total. The molecule has 0 saturated carbocycles. The van der Waals surface area contributed by atoms with E-state index in [0.717, 1.165) is 27.8 Å². The third-order valence-corrected chi connectivity index (χ3v) is 9.95. The van der Waals surface area contributed by atoms with E-state index in [1.54, 1.807) is 0 Å². The molecule has 10 nitrogen and oxygen atoms in total. The van der Waals surface area contributed by atoms with E-state index in [0.29, 0.717) is 39.3 Å². The molecule has 1 saturated heterocycles. The Morgan fingerprint density at radius 2 is 0.966 bits per heavy atom. The van der Waals surface area contributed by atoms with E-state index >= 15 is 0 Å². The van der Waals surface area contributed by atoms with Crippen molar-refractivity contribution in [3.63, 3.8) is 0 Å². The lowest BCUT2D eigenvalue weighted by Crippen LogP contribution is -2.61. The number of alkyl carbamates (subject to hydrolysis) is 1. The molecule has 6 rings (SSSR count). The first-order valence-electron chi connectivity index (χ1n) is 19.8. The molecule has 0 bridgehead atoms. The van der Waals surface area contributed by atoms with Crippen LogP contribution in [-0.4, -0.2) is 62.3 Å². The molecular weight excluding hydrogens is 735 g/mol. The number of carbonyl (C=O) groups excluding carboxylic acids is 2. The summed E-state index contributed by atoms with van der Waals surface area (Å²) in [6.45, 7) is 1.63. The zero-order valence-corrected chi connectivity index (χ0v) is 32.9. The highest BCUT2D eigenvalue weighted by Gasteiger charge is 2.48. The van der Waals surface area contributed by atoms with Gasteiger partial charge in [-0.15, -0.1) is 0 Å². The average molecular weight is 788 g/mol. The van der Waals surface area contributed by atoms with Gasteiger partial charge in [-0.05, 0) is 40.7 Å². The van der Waals surface area contributed by atoms with Crippen molar-refractivity contribution in [2.45, 2.75) is 88.9 Å². The number of methoxy groups -OCH3 is 1. The second-order valence-electron chi connectivity index (χ2n) is 14.3. The van der Waals surface area contributed by atoms with Gasteiger partial charge in [-0.25, -0.2) is 4.79 Å². The third-order valence-electron chi connectivity index (χ3n) is 9.95. The maximum absolute atomic E-state index is 13.1. The summed E-state index contributed by atoms with van der Waals surface area (Å²) >= 11 is 0. The van der Waals surface area contributed by atoms with Gasteiger partial charge in [0.25, 0.3) is 0 Å². The summed E-state index contributed by atoms with van der Waals surface area (Å²) in [7, 11) is 1.33. The molecule has 1 heterocycles. The molecular formula is C48H53NO9. The molecule has 6 atom stereocenters. The highest BCUT2D eigenvalue weighted by molar-refractivity contribution is 5.72. The number of esters is 1. The molecule has 10 heteroatoms. The first kappa shape index (κ1) is 42.3. The van der Waals surface area contributed by atoms with Crippen molar-refractivity contribution in [1.29, 1.82) is 0 Å². The van der Waals surface area contributed by atoms with E-state index in [9.17, 15) is 9.59 Å². The van der Waals surface area contributed by atoms with Crippen LogP contribution in [0, 0.1) is 0 Å². The van der Waals surface area contributed by atoms with Gasteiger partial charge in [-0.2, -0.15) is 0 Å². The Morgan fingerprint density at radius 1 is 0.552 bits per heavy atom. The van der Waals surface area contributed by atoms with Gasteiger partial charge in [0.1, 0.15) is 31.0 Å². The number of amides is 1. The summed E-state index contributed by atoms with van der Waals surface area (Å²) in [6.07, 6.45) is -2.85. The van der Waals surface area contributed by atoms with E-state index < -0.39 is 48.6 Å². The Balaban J connectivity index is 1.27. The summed E-state index contributed by atoms with van der Waals surface area (Å²) < 4.78 is 44.3. The fourth-order valence-electron chi connectivity index (χ4n) is 6.92. The quantitative estimate of drug-likeness (QED) is 0.0734. The van der Waals surface area contributed by atoms with E-state index in [-0.39, 0.29) is 19.6 Å². The van der Waals surface area contributed by atoms with Crippen molar-refractivity contribution in [3.05, 3.63) is 179 Å². The molecule has 5 aromatic carbocycles. The van der Waals surface area contributed by atoms with E-state index in [2.05, 4.69) is 5.32 Å². The van der Waals surface area contributed by atoms with Gasteiger partial charge in [-0.1, -0.05) is 152 Å². The molecule has 1 unspecified atom stereocenters. The molecule has 0 radical (unpaired) electrons. The minimum atomic E-state index is -0.634. The largest absolute Gasteiger partial charge is 0.469 e. The number of nitrogens with one attached hydrogen (secondary N) is 1. The second kappa shape index (κ2) is 23.1. The second-order valence-corrected chi connectivity index (χ2v) is 14.3. The summed E-state index contributed by atoms with van der Waals surface area (Å²) in [5.74, 6) is -0.458. The summed E-state index contributed by atoms with van der Waals surface area (Å²) in [6, 6.07) is 48.7. The number of ether oxygens (including phenoxy) is 7. The molecule has 0 spiro atoms. The zero-order valence-electron chi connectivity index (χ0n) is 32.9. The van der Waals surface area contributed by atoms with Crippen molar-refractivity contribution >= 4 is 12.1 Å². The predicted molar refractivity (Wildman–Crippen MR) is 219 cm³/mol. The first-order chi connectivity index (χ1) is 28.5. The van der Waals surface area contributed by atoms with Crippen molar-refractivity contribution in [2.75, 3.05) is 13.7 Å². The number of hydrogen-bond donors (Lipinski definition) is 1. The smallest absolute Gasteiger partial charge is 0.407 e. The van der Waals surface area contributed by atoms with E-state index in [4.69, 9.17) is 33.2 Å². The molecule has 1 amide bonds. The third kappa shape index (κ3) is 13.6. The fourth-order valence-corrected chi connectivity index (χ4v) is 6.92. The van der Waals surface area contributed by atoms with Crippen LogP contribution < -0.4 is 5.32 Å². The molecule has 0 aliphatic carbocycles. The van der Waals surface area contributed by atoms with Crippen LogP contribution in [0.5, 0.6) is 0 Å². The van der Waals surface area contributed by atoms with E-state index in [1.807, 2.05) is 152 Å². The van der Waals surface area contributed by atoms with Gasteiger partial charge >= 0.3 is 12.1 Å². The van der Waals surface area contributed by atoms with Gasteiger partial charge in [0.05, 0.1) is 52.7 Å². The maximum Gasteiger partial charge on any atom is 0.407 e. The van der Waals surface area contributed by atoms with Crippen LogP contribution in [0.15, 0.2) is 152 Å². The SMILES string of the molecule is COC(=O)CC(CC[C@H]1O[C@H](COCc2ccccc2)[C@@H](OCc2ccccc2)[C@H](OCc2ccccc2)[C@H]1OCc1ccccc1)NC(=O)OCc1ccccc1. The van der Waals surface area contributed by atoms with Gasteiger partial charge in [-0.3, -0.25) is 4.79 Å². The average Bonchev–Trinajstić information content (AvgIpc) is 3.27. The monoisotopic (exact) mass is 787 g/mol. The standard InChI is InChI=1S/C48H53NO9/c1-52-44(50)29-41(49-48(51)57-34-40-25-15-6-16-26-40)27-28-42-45(54-31-37-19-9-3-10-20-37)47(56-33-39-23-13-5-14-24-39)46(55-32-38-21-11-4-12-22-38)43(58-42)35-53-30-36-17-7-2-8-18-36/h2-26,41-43,45-47H,27-35H2,1H3,(H,49,51)/t41?,42-,43-,45+,46-,47-/m1/s1. The molecule has 1 fully saturated rings. The lowest BCUT2D eigenvalue weighted by atomic mass is 9.90. The number of carbonyl (C=O) groups is 2. The van der Waals surface area contributed by atoms with Crippen molar-refractivity contribution < 1.29 is 42.7 Å². The lowest BCUT2D eigenvalue weighted by Gasteiger charge is -2.46. The summed E-state index contributed by atoms with van der Waals surface area (Å²) in [5, 5.41) is 2.89. The highest BCUT2D eigenvalue weighted by Crippen LogP contribution is 2.33. The Bertz CT molecular complexity index is 1900. The van der Waals surface area contributed by atoms with Gasteiger partial charge in [0.2, 0.25) is 0 Å². The first-order valence-corrected chi connectivity index (χ1v) is 19.8. The van der Waals surface area contributed by atoms with Crippen LogP contribution in [0.3, 0.4) is 0 Å². The van der Waals surface area contributed by atoms with E-state index in [1.165, 1.54) is 7.11 Å². The van der Waals surface area contributed by atoms with Crippen LogP contribution in [-0.2, 0) is 71.0 Å². The van der Waals surface area contributed by atoms with Gasteiger partial charge < -0.3 is 38.5 Å². The molecule has 58 heavy (non-hydrogen) atoms. The van der Waals surface area contributed by atoms with Crippen LogP contribution in [0.4, 0.5) is 4.79 Å². The van der Waals surface area contributed by atoms with Crippen molar-refractivity contribution in [2.24, 2.45) is 0 Å². The molecule has 0 aromatic heterocycles. The van der Waals surface area contributed by atoms with Crippen LogP contribution in [0.25, 0.3) is 0 Å². The predicted octanol–water partition coefficient (Wildman–Crippen LogP) is 8.37. The summed E-state index contributed by atoms with van der Waals surface area (Å²) in [4.78, 5) is 25.7. The Labute approximate surface area is 341 Å². The molecule has 1 aliphatic heterocycles. The number of benzene rings is 5. The highest BCUT2D eigenvalue weighted by atomic mass is 16.6. The van der Waals surface area contributed by atoms with Crippen LogP contribution in [0.2, 0.25) is 0 Å². The van der Waals surface area contributed by atoms with Crippen LogP contribution in [0.1, 0.15) is 47.1 Å². The zero-order chi connectivity index (χ0) is 40.2. The molecule has 1 aliphatic rings. The maximum atomic E-state index is 13.1.